The quantitative estimate of drug-likeness (QED) is 0.222. The van der Waals surface area contributed by atoms with Crippen molar-refractivity contribution in [1.82, 2.24) is 24.5 Å². The van der Waals surface area contributed by atoms with Gasteiger partial charge >= 0.3 is 0 Å². The second kappa shape index (κ2) is 9.96. The van der Waals surface area contributed by atoms with Crippen molar-refractivity contribution >= 4 is 43.8 Å². The lowest BCUT2D eigenvalue weighted by atomic mass is 10.2. The van der Waals surface area contributed by atoms with E-state index in [2.05, 4.69) is 25.3 Å². The lowest BCUT2D eigenvalue weighted by Crippen LogP contribution is -2.19. The lowest BCUT2D eigenvalue weighted by Gasteiger charge is -2.13. The molecule has 0 aliphatic heterocycles. The van der Waals surface area contributed by atoms with Crippen LogP contribution in [0, 0.1) is 11.6 Å². The molecule has 0 bridgehead atoms. The molecular weight excluding hydrogens is 546 g/mol. The monoisotopic (exact) mass is 564 g/mol. The number of halogens is 2. The van der Waals surface area contributed by atoms with Crippen LogP contribution in [0.5, 0.6) is 11.5 Å². The largest absolute Gasteiger partial charge is 0.453 e. The molecule has 0 atom stereocenters. The Hall–Kier alpha value is -5.42. The maximum Gasteiger partial charge on any atom is 0.266 e. The van der Waals surface area contributed by atoms with Crippen LogP contribution in [0.3, 0.4) is 0 Å². The molecule has 0 unspecified atom stereocenters. The minimum atomic E-state index is -0.604. The van der Waals surface area contributed by atoms with E-state index < -0.39 is 11.6 Å². The number of nitrogens with one attached hydrogen (secondary N) is 2. The van der Waals surface area contributed by atoms with E-state index in [0.29, 0.717) is 27.9 Å². The van der Waals surface area contributed by atoms with Gasteiger partial charge in [-0.25, -0.2) is 18.7 Å². The van der Waals surface area contributed by atoms with Crippen molar-refractivity contribution in [1.29, 1.82) is 0 Å². The Morgan fingerprint density at radius 1 is 0.902 bits per heavy atom. The third-order valence-electron chi connectivity index (χ3n) is 6.46. The summed E-state index contributed by atoms with van der Waals surface area (Å²) in [4.78, 5) is 30.3. The van der Waals surface area contributed by atoms with Crippen LogP contribution >= 0.6 is 11.3 Å². The molecule has 0 aliphatic rings. The van der Waals surface area contributed by atoms with Crippen LogP contribution in [0.1, 0.15) is 0 Å². The Labute approximate surface area is 234 Å². The molecule has 0 fully saturated rings. The number of nitrogens with zero attached hydrogens (tertiary/aromatic N) is 4. The first kappa shape index (κ1) is 24.6. The predicted octanol–water partition coefficient (Wildman–Crippen LogP) is 7.20. The second-order valence-corrected chi connectivity index (χ2v) is 10.1. The number of rotatable bonds is 6. The standard InChI is InChI=1S/C30H18F2N6O2S/c31-18-1-4-20(5-2-18)38-12-9-17-7-10-35-29(27(17)30(38)39)37-19-3-6-24(21(32)13-19)40-25-8-11-34-22-14-26(41-28(22)25)23-15-33-16-36-23/h1-16H,(H,33,36)(H,35,37). The fourth-order valence-electron chi connectivity index (χ4n) is 4.52. The minimum Gasteiger partial charge on any atom is -0.453 e. The molecule has 0 aliphatic carbocycles. The minimum absolute atomic E-state index is 0.0299. The number of aromatic amines is 1. The van der Waals surface area contributed by atoms with Gasteiger partial charge in [0, 0.05) is 48.3 Å². The number of benzene rings is 2. The molecule has 5 aromatic heterocycles. The van der Waals surface area contributed by atoms with Gasteiger partial charge in [-0.2, -0.15) is 0 Å². The molecule has 2 N–H and O–H groups in total. The topological polar surface area (TPSA) is 97.7 Å². The van der Waals surface area contributed by atoms with Crippen LogP contribution in [-0.4, -0.2) is 24.5 Å². The van der Waals surface area contributed by atoms with Gasteiger partial charge in [0.1, 0.15) is 17.4 Å². The van der Waals surface area contributed by atoms with Gasteiger partial charge in [-0.1, -0.05) is 0 Å². The molecule has 8 nitrogen and oxygen atoms in total. The Morgan fingerprint density at radius 3 is 2.56 bits per heavy atom. The molecule has 11 heteroatoms. The number of fused-ring (bicyclic) bond motifs is 2. The van der Waals surface area contributed by atoms with Crippen molar-refractivity contribution in [2.45, 2.75) is 0 Å². The first-order valence-corrected chi connectivity index (χ1v) is 13.2. The summed E-state index contributed by atoms with van der Waals surface area (Å²) in [6.45, 7) is 0. The zero-order valence-electron chi connectivity index (χ0n) is 21.0. The molecule has 2 aromatic carbocycles. The van der Waals surface area contributed by atoms with E-state index >= 15 is 4.39 Å². The molecule has 0 radical (unpaired) electrons. The molecule has 7 aromatic rings. The Bertz CT molecular complexity index is 2110. The lowest BCUT2D eigenvalue weighted by molar-refractivity contribution is 0.447. The van der Waals surface area contributed by atoms with Gasteiger partial charge in [0.15, 0.2) is 11.6 Å². The maximum atomic E-state index is 15.3. The van der Waals surface area contributed by atoms with E-state index in [-0.39, 0.29) is 17.1 Å². The fraction of sp³-hybridized carbons (Fsp3) is 0. The first-order chi connectivity index (χ1) is 20.0. The summed E-state index contributed by atoms with van der Waals surface area (Å²) in [6, 6.07) is 17.1. The summed E-state index contributed by atoms with van der Waals surface area (Å²) in [5.74, 6) is -0.241. The highest BCUT2D eigenvalue weighted by molar-refractivity contribution is 7.22. The highest BCUT2D eigenvalue weighted by atomic mass is 32.1. The van der Waals surface area contributed by atoms with E-state index in [0.717, 1.165) is 20.8 Å². The SMILES string of the molecule is O=c1c2c(Nc3ccc(Oc4ccnc5cc(-c6c[nH]cn6)sc45)c(F)c3)nccc2ccn1-c1ccc(F)cc1. The Kier molecular flexibility index (Phi) is 5.98. The number of ether oxygens (including phenoxy) is 1. The van der Waals surface area contributed by atoms with E-state index in [9.17, 15) is 9.18 Å². The van der Waals surface area contributed by atoms with Crippen molar-refractivity contribution < 1.29 is 13.5 Å². The van der Waals surface area contributed by atoms with Crippen LogP contribution in [0.2, 0.25) is 0 Å². The number of hydrogen-bond donors (Lipinski definition) is 2. The van der Waals surface area contributed by atoms with Crippen LogP contribution in [0.4, 0.5) is 20.3 Å². The molecule has 5 heterocycles. The summed E-state index contributed by atoms with van der Waals surface area (Å²) in [6.07, 6.45) is 8.18. The average molecular weight is 565 g/mol. The van der Waals surface area contributed by atoms with E-state index in [1.807, 2.05) is 6.07 Å². The molecule has 0 saturated carbocycles. The Morgan fingerprint density at radius 2 is 1.76 bits per heavy atom. The summed E-state index contributed by atoms with van der Waals surface area (Å²) < 4.78 is 36.8. The van der Waals surface area contributed by atoms with E-state index in [1.165, 1.54) is 52.3 Å². The molecule has 0 spiro atoms. The summed E-state index contributed by atoms with van der Waals surface area (Å²) in [5.41, 5.74) is 2.04. The van der Waals surface area contributed by atoms with Crippen molar-refractivity contribution in [3.8, 4) is 27.8 Å². The third-order valence-corrected chi connectivity index (χ3v) is 7.63. The van der Waals surface area contributed by atoms with Crippen LogP contribution < -0.4 is 15.6 Å². The highest BCUT2D eigenvalue weighted by Crippen LogP contribution is 2.39. The zero-order chi connectivity index (χ0) is 27.9. The number of thiophene rings is 1. The van der Waals surface area contributed by atoms with Crippen LogP contribution in [0.25, 0.3) is 37.2 Å². The van der Waals surface area contributed by atoms with E-state index in [4.69, 9.17) is 4.74 Å². The first-order valence-electron chi connectivity index (χ1n) is 12.4. The number of aromatic nitrogens is 5. The molecule has 0 saturated heterocycles. The van der Waals surface area contributed by atoms with Crippen molar-refractivity contribution in [2.24, 2.45) is 0 Å². The molecular formula is C30H18F2N6O2S. The maximum absolute atomic E-state index is 15.3. The summed E-state index contributed by atoms with van der Waals surface area (Å²) >= 11 is 1.45. The van der Waals surface area contributed by atoms with Crippen LogP contribution in [-0.2, 0) is 0 Å². The smallest absolute Gasteiger partial charge is 0.266 e. The van der Waals surface area contributed by atoms with Crippen LogP contribution in [0.15, 0.2) is 103 Å². The summed E-state index contributed by atoms with van der Waals surface area (Å²) in [7, 11) is 0. The fourth-order valence-corrected chi connectivity index (χ4v) is 5.55. The highest BCUT2D eigenvalue weighted by Gasteiger charge is 2.15. The number of anilines is 2. The molecule has 200 valence electrons. The van der Waals surface area contributed by atoms with Gasteiger partial charge in [-0.05, 0) is 60.0 Å². The molecule has 0 amide bonds. The second-order valence-electron chi connectivity index (χ2n) is 9.05. The van der Waals surface area contributed by atoms with Gasteiger partial charge in [-0.15, -0.1) is 11.3 Å². The zero-order valence-corrected chi connectivity index (χ0v) is 21.8. The summed E-state index contributed by atoms with van der Waals surface area (Å²) in [5, 5.41) is 4.02. The van der Waals surface area contributed by atoms with Crippen molar-refractivity contribution in [3.63, 3.8) is 0 Å². The van der Waals surface area contributed by atoms with Gasteiger partial charge in [-0.3, -0.25) is 14.3 Å². The van der Waals surface area contributed by atoms with Crippen molar-refractivity contribution in [3.05, 3.63) is 120 Å². The Balaban J connectivity index is 1.19. The molecule has 7 rings (SSSR count). The normalized spacial score (nSPS) is 11.3. The number of pyridine rings is 3. The predicted molar refractivity (Wildman–Crippen MR) is 154 cm³/mol. The van der Waals surface area contributed by atoms with Gasteiger partial charge in [0.05, 0.1) is 32.5 Å². The van der Waals surface area contributed by atoms with Gasteiger partial charge < -0.3 is 15.0 Å². The van der Waals surface area contributed by atoms with Crippen molar-refractivity contribution in [2.75, 3.05) is 5.32 Å². The molecule has 41 heavy (non-hydrogen) atoms. The number of hydrogen-bond acceptors (Lipinski definition) is 7. The third kappa shape index (κ3) is 4.57. The number of imidazole rings is 1. The average Bonchev–Trinajstić information content (AvgIpc) is 3.66. The van der Waals surface area contributed by atoms with Gasteiger partial charge in [0.25, 0.3) is 5.56 Å². The van der Waals surface area contributed by atoms with Gasteiger partial charge in [0.2, 0.25) is 0 Å². The van der Waals surface area contributed by atoms with E-state index in [1.54, 1.807) is 55.4 Å². The number of H-pyrrole nitrogens is 1.